The van der Waals surface area contributed by atoms with E-state index in [1.54, 1.807) is 0 Å². The van der Waals surface area contributed by atoms with E-state index in [1.165, 1.54) is 29.5 Å². The van der Waals surface area contributed by atoms with Crippen molar-refractivity contribution in [1.29, 1.82) is 0 Å². The van der Waals surface area contributed by atoms with Crippen molar-refractivity contribution in [2.45, 2.75) is 31.2 Å². The molecule has 2 N–H and O–H groups in total. The van der Waals surface area contributed by atoms with E-state index in [2.05, 4.69) is 48.5 Å². The Balaban J connectivity index is 1.74. The van der Waals surface area contributed by atoms with Gasteiger partial charge in [-0.2, -0.15) is 0 Å². The molecule has 1 heteroatoms. The summed E-state index contributed by atoms with van der Waals surface area (Å²) in [6.07, 6.45) is 3.63. The highest BCUT2D eigenvalue weighted by molar-refractivity contribution is 5.31. The SMILES string of the molecule is NC(Cc1cccc(C2CC2)c1)c1ccccc1. The van der Waals surface area contributed by atoms with E-state index in [9.17, 15) is 0 Å². The van der Waals surface area contributed by atoms with Crippen molar-refractivity contribution in [2.75, 3.05) is 0 Å². The first-order valence-corrected chi connectivity index (χ1v) is 6.72. The average Bonchev–Trinajstić information content (AvgIpc) is 3.24. The van der Waals surface area contributed by atoms with Crippen molar-refractivity contribution in [3.05, 3.63) is 71.3 Å². The van der Waals surface area contributed by atoms with Crippen LogP contribution in [0, 0.1) is 0 Å². The number of nitrogens with two attached hydrogens (primary N) is 1. The van der Waals surface area contributed by atoms with Gasteiger partial charge in [0.1, 0.15) is 0 Å². The van der Waals surface area contributed by atoms with Crippen molar-refractivity contribution >= 4 is 0 Å². The quantitative estimate of drug-likeness (QED) is 0.859. The Morgan fingerprint density at radius 3 is 2.50 bits per heavy atom. The zero-order valence-electron chi connectivity index (χ0n) is 10.5. The molecule has 2 aromatic carbocycles. The molecule has 2 aromatic rings. The van der Waals surface area contributed by atoms with Crippen molar-refractivity contribution in [3.8, 4) is 0 Å². The predicted octanol–water partition coefficient (Wildman–Crippen LogP) is 3.81. The van der Waals surface area contributed by atoms with Gasteiger partial charge in [0.05, 0.1) is 0 Å². The molecule has 1 atom stereocenters. The van der Waals surface area contributed by atoms with Crippen LogP contribution in [0.5, 0.6) is 0 Å². The third kappa shape index (κ3) is 2.62. The standard InChI is InChI=1S/C17H19N/c18-17(15-6-2-1-3-7-15)12-13-5-4-8-16(11-13)14-9-10-14/h1-8,11,14,17H,9-10,12,18H2. The van der Waals surface area contributed by atoms with E-state index in [1.807, 2.05) is 6.07 Å². The Morgan fingerprint density at radius 2 is 1.78 bits per heavy atom. The summed E-state index contributed by atoms with van der Waals surface area (Å²) in [5.41, 5.74) is 10.3. The van der Waals surface area contributed by atoms with Gasteiger partial charge in [-0.3, -0.25) is 0 Å². The van der Waals surface area contributed by atoms with Gasteiger partial charge in [0.25, 0.3) is 0 Å². The lowest BCUT2D eigenvalue weighted by atomic mass is 9.97. The minimum atomic E-state index is 0.0978. The lowest BCUT2D eigenvalue weighted by Gasteiger charge is -2.12. The van der Waals surface area contributed by atoms with Crippen LogP contribution in [0.4, 0.5) is 0 Å². The summed E-state index contributed by atoms with van der Waals surface area (Å²) < 4.78 is 0. The Labute approximate surface area is 109 Å². The Bertz CT molecular complexity index is 514. The van der Waals surface area contributed by atoms with Crippen LogP contribution in [-0.4, -0.2) is 0 Å². The normalized spacial score (nSPS) is 16.5. The van der Waals surface area contributed by atoms with Crippen LogP contribution in [0.2, 0.25) is 0 Å². The first-order chi connectivity index (χ1) is 8.83. The summed E-state index contributed by atoms with van der Waals surface area (Å²) in [5.74, 6) is 0.817. The number of benzene rings is 2. The van der Waals surface area contributed by atoms with Crippen LogP contribution in [-0.2, 0) is 6.42 Å². The molecule has 0 spiro atoms. The van der Waals surface area contributed by atoms with Gasteiger partial charge in [-0.05, 0) is 41.9 Å². The molecule has 0 bridgehead atoms. The van der Waals surface area contributed by atoms with Gasteiger partial charge in [-0.25, -0.2) is 0 Å². The van der Waals surface area contributed by atoms with E-state index in [0.717, 1.165) is 12.3 Å². The minimum absolute atomic E-state index is 0.0978. The topological polar surface area (TPSA) is 26.0 Å². The molecule has 1 aliphatic rings. The van der Waals surface area contributed by atoms with Crippen molar-refractivity contribution < 1.29 is 0 Å². The third-order valence-corrected chi connectivity index (χ3v) is 3.68. The fourth-order valence-electron chi connectivity index (χ4n) is 2.46. The summed E-state index contributed by atoms with van der Waals surface area (Å²) in [5, 5.41) is 0. The van der Waals surface area contributed by atoms with Gasteiger partial charge in [0, 0.05) is 6.04 Å². The molecule has 0 amide bonds. The summed E-state index contributed by atoms with van der Waals surface area (Å²) in [4.78, 5) is 0. The zero-order chi connectivity index (χ0) is 12.4. The first-order valence-electron chi connectivity index (χ1n) is 6.72. The van der Waals surface area contributed by atoms with Gasteiger partial charge in [-0.15, -0.1) is 0 Å². The molecule has 3 rings (SSSR count). The van der Waals surface area contributed by atoms with Crippen LogP contribution in [0.1, 0.15) is 41.5 Å². The highest BCUT2D eigenvalue weighted by Gasteiger charge is 2.23. The van der Waals surface area contributed by atoms with Gasteiger partial charge < -0.3 is 5.73 Å². The smallest absolute Gasteiger partial charge is 0.0335 e. The van der Waals surface area contributed by atoms with E-state index < -0.39 is 0 Å². The third-order valence-electron chi connectivity index (χ3n) is 3.68. The molecular formula is C17H19N. The van der Waals surface area contributed by atoms with E-state index in [4.69, 9.17) is 5.73 Å². The molecule has 18 heavy (non-hydrogen) atoms. The largest absolute Gasteiger partial charge is 0.324 e. The van der Waals surface area contributed by atoms with E-state index >= 15 is 0 Å². The summed E-state index contributed by atoms with van der Waals surface area (Å²) in [6, 6.07) is 19.4. The molecule has 0 aromatic heterocycles. The number of hydrogen-bond acceptors (Lipinski definition) is 1. The Morgan fingerprint density at radius 1 is 1.00 bits per heavy atom. The highest BCUT2D eigenvalue weighted by Crippen LogP contribution is 2.40. The van der Waals surface area contributed by atoms with E-state index in [0.29, 0.717) is 0 Å². The molecule has 0 aliphatic heterocycles. The summed E-state index contributed by atoms with van der Waals surface area (Å²) in [6.45, 7) is 0. The zero-order valence-corrected chi connectivity index (χ0v) is 10.5. The fraction of sp³-hybridized carbons (Fsp3) is 0.294. The summed E-state index contributed by atoms with van der Waals surface area (Å²) in [7, 11) is 0. The van der Waals surface area contributed by atoms with Crippen molar-refractivity contribution in [3.63, 3.8) is 0 Å². The van der Waals surface area contributed by atoms with Crippen molar-refractivity contribution in [1.82, 2.24) is 0 Å². The fourth-order valence-corrected chi connectivity index (χ4v) is 2.46. The lowest BCUT2D eigenvalue weighted by Crippen LogP contribution is -2.13. The average molecular weight is 237 g/mol. The predicted molar refractivity (Wildman–Crippen MR) is 75.5 cm³/mol. The second-order valence-electron chi connectivity index (χ2n) is 5.24. The maximum absolute atomic E-state index is 6.27. The molecule has 1 saturated carbocycles. The first kappa shape index (κ1) is 11.5. The molecule has 0 heterocycles. The number of rotatable bonds is 4. The van der Waals surface area contributed by atoms with Gasteiger partial charge >= 0.3 is 0 Å². The molecule has 92 valence electrons. The van der Waals surface area contributed by atoms with Gasteiger partial charge in [0.2, 0.25) is 0 Å². The second kappa shape index (κ2) is 4.95. The van der Waals surface area contributed by atoms with Crippen LogP contribution in [0.15, 0.2) is 54.6 Å². The highest BCUT2D eigenvalue weighted by atomic mass is 14.6. The van der Waals surface area contributed by atoms with Gasteiger partial charge in [-0.1, -0.05) is 54.6 Å². The summed E-state index contributed by atoms with van der Waals surface area (Å²) >= 11 is 0. The van der Waals surface area contributed by atoms with Crippen LogP contribution in [0.25, 0.3) is 0 Å². The van der Waals surface area contributed by atoms with Crippen LogP contribution >= 0.6 is 0 Å². The molecule has 1 nitrogen and oxygen atoms in total. The molecule has 0 saturated heterocycles. The molecule has 1 aliphatic carbocycles. The molecular weight excluding hydrogens is 218 g/mol. The maximum Gasteiger partial charge on any atom is 0.0335 e. The molecule has 1 unspecified atom stereocenters. The second-order valence-corrected chi connectivity index (χ2v) is 5.24. The van der Waals surface area contributed by atoms with E-state index in [-0.39, 0.29) is 6.04 Å². The van der Waals surface area contributed by atoms with Gasteiger partial charge in [0.15, 0.2) is 0 Å². The number of hydrogen-bond donors (Lipinski definition) is 1. The van der Waals surface area contributed by atoms with Crippen molar-refractivity contribution in [2.24, 2.45) is 5.73 Å². The van der Waals surface area contributed by atoms with Crippen LogP contribution in [0.3, 0.4) is 0 Å². The monoisotopic (exact) mass is 237 g/mol. The lowest BCUT2D eigenvalue weighted by molar-refractivity contribution is 0.721. The molecule has 1 fully saturated rings. The maximum atomic E-state index is 6.27. The Kier molecular flexibility index (Phi) is 3.16. The Hall–Kier alpha value is -1.60. The molecule has 0 radical (unpaired) electrons. The van der Waals surface area contributed by atoms with Crippen LogP contribution < -0.4 is 5.73 Å². The minimum Gasteiger partial charge on any atom is -0.324 e.